The van der Waals surface area contributed by atoms with Gasteiger partial charge in [-0.2, -0.15) is 11.8 Å². The third-order valence-corrected chi connectivity index (χ3v) is 2.70. The Balaban J connectivity index is 3.33. The molecule has 0 rings (SSSR count). The lowest BCUT2D eigenvalue weighted by molar-refractivity contribution is 0.165. The Labute approximate surface area is 90.7 Å². The van der Waals surface area contributed by atoms with Crippen LogP contribution in [0.25, 0.3) is 0 Å². The van der Waals surface area contributed by atoms with Gasteiger partial charge in [0.2, 0.25) is 0 Å². The van der Waals surface area contributed by atoms with Gasteiger partial charge in [0.05, 0.1) is 6.61 Å². The topological polar surface area (TPSA) is 21.3 Å². The van der Waals surface area contributed by atoms with Crippen molar-refractivity contribution in [2.75, 3.05) is 38.2 Å². The lowest BCUT2D eigenvalue weighted by Gasteiger charge is -2.16. The van der Waals surface area contributed by atoms with Gasteiger partial charge < -0.3 is 10.1 Å². The quantitative estimate of drug-likeness (QED) is 0.479. The van der Waals surface area contributed by atoms with Gasteiger partial charge in [0.1, 0.15) is 0 Å². The second-order valence-corrected chi connectivity index (χ2v) is 4.29. The Hall–Kier alpha value is 0.560. The first-order valence-corrected chi connectivity index (χ1v) is 6.55. The van der Waals surface area contributed by atoms with Crippen LogP contribution in [0.4, 0.5) is 0 Å². The number of nitrogens with one attached hydrogen (secondary N) is 1. The molecule has 80 valence electrons. The van der Waals surface area contributed by atoms with Crippen molar-refractivity contribution >= 4 is 23.4 Å². The molecule has 4 heteroatoms. The van der Waals surface area contributed by atoms with Gasteiger partial charge in [-0.1, -0.05) is 0 Å². The fraction of sp³-hybridized carbons (Fsp3) is 1.00. The number of methoxy groups -OCH3 is 1. The summed E-state index contributed by atoms with van der Waals surface area (Å²) in [6.07, 6.45) is 4.32. The summed E-state index contributed by atoms with van der Waals surface area (Å²) in [5, 5.41) is 3.43. The van der Waals surface area contributed by atoms with Crippen molar-refractivity contribution in [2.45, 2.75) is 18.9 Å². The zero-order valence-corrected chi connectivity index (χ0v) is 10.1. The average Bonchev–Trinajstić information content (AvgIpc) is 2.13. The summed E-state index contributed by atoms with van der Waals surface area (Å²) in [6.45, 7) is 1.82. The van der Waals surface area contributed by atoms with Gasteiger partial charge in [0.25, 0.3) is 0 Å². The summed E-state index contributed by atoms with van der Waals surface area (Å²) < 4.78 is 5.09. The lowest BCUT2D eigenvalue weighted by Crippen LogP contribution is -2.34. The van der Waals surface area contributed by atoms with E-state index in [4.69, 9.17) is 16.3 Å². The first-order valence-electron chi connectivity index (χ1n) is 4.62. The van der Waals surface area contributed by atoms with Crippen molar-refractivity contribution in [3.8, 4) is 0 Å². The van der Waals surface area contributed by atoms with Crippen molar-refractivity contribution in [2.24, 2.45) is 0 Å². The van der Waals surface area contributed by atoms with Crippen LogP contribution in [0, 0.1) is 0 Å². The number of hydrogen-bond acceptors (Lipinski definition) is 3. The fourth-order valence-corrected chi connectivity index (χ4v) is 1.80. The predicted molar refractivity (Wildman–Crippen MR) is 62.0 cm³/mol. The molecule has 0 saturated heterocycles. The van der Waals surface area contributed by atoms with E-state index in [-0.39, 0.29) is 0 Å². The summed E-state index contributed by atoms with van der Waals surface area (Å²) in [6, 6.07) is 0.421. The van der Waals surface area contributed by atoms with E-state index in [1.54, 1.807) is 7.11 Å². The summed E-state index contributed by atoms with van der Waals surface area (Å²) in [5.74, 6) is 1.91. The maximum atomic E-state index is 5.67. The van der Waals surface area contributed by atoms with Gasteiger partial charge in [-0.3, -0.25) is 0 Å². The molecule has 0 aliphatic heterocycles. The highest BCUT2D eigenvalue weighted by atomic mass is 35.5. The standard InChI is InChI=1S/C9H20ClNOS/c1-12-8-9(4-5-10)11-6-3-7-13-2/h9,11H,3-8H2,1-2H3. The van der Waals surface area contributed by atoms with Crippen LogP contribution in [0.5, 0.6) is 0 Å². The summed E-state index contributed by atoms with van der Waals surface area (Å²) in [4.78, 5) is 0. The Kier molecular flexibility index (Phi) is 11.1. The molecule has 0 saturated carbocycles. The molecule has 0 aromatic rings. The van der Waals surface area contributed by atoms with E-state index in [1.807, 2.05) is 11.8 Å². The molecular weight excluding hydrogens is 206 g/mol. The molecule has 0 aliphatic carbocycles. The maximum Gasteiger partial charge on any atom is 0.0616 e. The molecule has 0 bridgehead atoms. The lowest BCUT2D eigenvalue weighted by atomic mass is 10.2. The monoisotopic (exact) mass is 225 g/mol. The van der Waals surface area contributed by atoms with Crippen LogP contribution in [0.2, 0.25) is 0 Å². The van der Waals surface area contributed by atoms with Crippen LogP contribution in [0.15, 0.2) is 0 Å². The van der Waals surface area contributed by atoms with Crippen LogP contribution in [0.1, 0.15) is 12.8 Å². The molecule has 0 aromatic heterocycles. The zero-order chi connectivity index (χ0) is 9.94. The average molecular weight is 226 g/mol. The largest absolute Gasteiger partial charge is 0.383 e. The molecule has 0 amide bonds. The van der Waals surface area contributed by atoms with E-state index >= 15 is 0 Å². The SMILES string of the molecule is COCC(CCCl)NCCCSC. The third-order valence-electron chi connectivity index (χ3n) is 1.78. The van der Waals surface area contributed by atoms with Gasteiger partial charge in [-0.05, 0) is 31.4 Å². The first-order chi connectivity index (χ1) is 6.35. The Morgan fingerprint density at radius 2 is 2.31 bits per heavy atom. The van der Waals surface area contributed by atoms with Crippen molar-refractivity contribution in [3.05, 3.63) is 0 Å². The van der Waals surface area contributed by atoms with E-state index in [0.717, 1.165) is 19.6 Å². The van der Waals surface area contributed by atoms with E-state index in [2.05, 4.69) is 11.6 Å². The Morgan fingerprint density at radius 1 is 1.54 bits per heavy atom. The van der Waals surface area contributed by atoms with E-state index < -0.39 is 0 Å². The minimum Gasteiger partial charge on any atom is -0.383 e. The van der Waals surface area contributed by atoms with Gasteiger partial charge in [0, 0.05) is 19.0 Å². The fourth-order valence-electron chi connectivity index (χ4n) is 1.10. The van der Waals surface area contributed by atoms with Crippen molar-refractivity contribution < 1.29 is 4.74 Å². The number of thioether (sulfide) groups is 1. The molecule has 13 heavy (non-hydrogen) atoms. The van der Waals surface area contributed by atoms with E-state index in [1.165, 1.54) is 12.2 Å². The smallest absolute Gasteiger partial charge is 0.0616 e. The highest BCUT2D eigenvalue weighted by Gasteiger charge is 2.05. The molecule has 2 nitrogen and oxygen atoms in total. The third kappa shape index (κ3) is 8.88. The second-order valence-electron chi connectivity index (χ2n) is 2.93. The van der Waals surface area contributed by atoms with Crippen LogP contribution in [-0.4, -0.2) is 44.2 Å². The number of hydrogen-bond donors (Lipinski definition) is 1. The molecule has 0 heterocycles. The zero-order valence-electron chi connectivity index (χ0n) is 8.51. The molecule has 1 unspecified atom stereocenters. The molecule has 0 aromatic carbocycles. The van der Waals surface area contributed by atoms with Crippen LogP contribution < -0.4 is 5.32 Å². The van der Waals surface area contributed by atoms with Gasteiger partial charge in [-0.15, -0.1) is 11.6 Å². The summed E-state index contributed by atoms with van der Waals surface area (Å²) >= 11 is 7.56. The van der Waals surface area contributed by atoms with Crippen LogP contribution in [0.3, 0.4) is 0 Å². The number of ether oxygens (including phenoxy) is 1. The Bertz CT molecular complexity index is 99.6. The molecule has 1 atom stereocenters. The van der Waals surface area contributed by atoms with Crippen molar-refractivity contribution in [3.63, 3.8) is 0 Å². The van der Waals surface area contributed by atoms with Crippen molar-refractivity contribution in [1.82, 2.24) is 5.32 Å². The van der Waals surface area contributed by atoms with Gasteiger partial charge in [-0.25, -0.2) is 0 Å². The number of alkyl halides is 1. The molecule has 0 radical (unpaired) electrons. The molecule has 0 spiro atoms. The Morgan fingerprint density at radius 3 is 2.85 bits per heavy atom. The second kappa shape index (κ2) is 10.6. The maximum absolute atomic E-state index is 5.67. The van der Waals surface area contributed by atoms with Crippen molar-refractivity contribution in [1.29, 1.82) is 0 Å². The van der Waals surface area contributed by atoms with E-state index in [9.17, 15) is 0 Å². The molecule has 1 N–H and O–H groups in total. The number of halogens is 1. The highest BCUT2D eigenvalue weighted by molar-refractivity contribution is 7.98. The summed E-state index contributed by atoms with van der Waals surface area (Å²) in [7, 11) is 1.73. The van der Waals surface area contributed by atoms with E-state index in [0.29, 0.717) is 11.9 Å². The minimum atomic E-state index is 0.421. The van der Waals surface area contributed by atoms with Gasteiger partial charge in [0.15, 0.2) is 0 Å². The highest BCUT2D eigenvalue weighted by Crippen LogP contribution is 1.98. The molecule has 0 aliphatic rings. The van der Waals surface area contributed by atoms with Crippen LogP contribution in [-0.2, 0) is 4.74 Å². The van der Waals surface area contributed by atoms with Gasteiger partial charge >= 0.3 is 0 Å². The molecular formula is C9H20ClNOS. The first kappa shape index (κ1) is 13.6. The predicted octanol–water partition coefficient (Wildman–Crippen LogP) is 1.97. The molecule has 0 fully saturated rings. The minimum absolute atomic E-state index is 0.421. The normalized spacial score (nSPS) is 13.2. The van der Waals surface area contributed by atoms with Crippen LogP contribution >= 0.6 is 23.4 Å². The number of rotatable bonds is 9. The summed E-state index contributed by atoms with van der Waals surface area (Å²) in [5.41, 5.74) is 0.